The van der Waals surface area contributed by atoms with E-state index in [4.69, 9.17) is 0 Å². The van der Waals surface area contributed by atoms with E-state index in [1.807, 2.05) is 5.57 Å². The zero-order valence-corrected chi connectivity index (χ0v) is 21.0. The molecule has 32 heavy (non-hydrogen) atoms. The Kier molecular flexibility index (Phi) is 7.81. The third-order valence-corrected chi connectivity index (χ3v) is 9.92. The summed E-state index contributed by atoms with van der Waals surface area (Å²) in [4.78, 5) is 2.93. The lowest BCUT2D eigenvalue weighted by Gasteiger charge is -2.44. The average Bonchev–Trinajstić information content (AvgIpc) is 2.87. The third-order valence-electron chi connectivity index (χ3n) is 9.92. The lowest BCUT2D eigenvalue weighted by molar-refractivity contribution is 0.181. The highest BCUT2D eigenvalue weighted by atomic mass is 15.2. The molecule has 0 aromatic carbocycles. The van der Waals surface area contributed by atoms with Crippen LogP contribution < -0.4 is 0 Å². The molecule has 0 aliphatic heterocycles. The van der Waals surface area contributed by atoms with E-state index < -0.39 is 0 Å². The SMILES string of the molecule is CC1CC=C(N(C2=CCC(C3CCCCC3)CC2)C2CCC(C3=CCCCC3)CC2)CC1. The van der Waals surface area contributed by atoms with Crippen molar-refractivity contribution >= 4 is 0 Å². The summed E-state index contributed by atoms with van der Waals surface area (Å²) in [5, 5.41) is 0. The summed E-state index contributed by atoms with van der Waals surface area (Å²) in [5.74, 6) is 3.80. The summed E-state index contributed by atoms with van der Waals surface area (Å²) in [6, 6.07) is 0.771. The van der Waals surface area contributed by atoms with E-state index in [1.165, 1.54) is 122 Å². The van der Waals surface area contributed by atoms with Crippen LogP contribution in [0.4, 0.5) is 0 Å². The Morgan fingerprint density at radius 2 is 1.38 bits per heavy atom. The van der Waals surface area contributed by atoms with Gasteiger partial charge in [0.1, 0.15) is 0 Å². The van der Waals surface area contributed by atoms with Crippen LogP contribution in [0.25, 0.3) is 0 Å². The second kappa shape index (κ2) is 11.0. The van der Waals surface area contributed by atoms with Crippen molar-refractivity contribution in [3.8, 4) is 0 Å². The van der Waals surface area contributed by atoms with Crippen molar-refractivity contribution in [1.82, 2.24) is 4.90 Å². The van der Waals surface area contributed by atoms with E-state index in [2.05, 4.69) is 30.1 Å². The molecule has 5 aliphatic carbocycles. The first-order chi connectivity index (χ1) is 15.8. The molecule has 0 bridgehead atoms. The molecule has 1 heteroatoms. The van der Waals surface area contributed by atoms with Gasteiger partial charge >= 0.3 is 0 Å². The third kappa shape index (κ3) is 5.39. The number of nitrogens with zero attached hydrogens (tertiary/aromatic N) is 1. The van der Waals surface area contributed by atoms with Gasteiger partial charge in [-0.2, -0.15) is 0 Å². The van der Waals surface area contributed by atoms with Gasteiger partial charge in [0, 0.05) is 17.4 Å². The van der Waals surface area contributed by atoms with Crippen molar-refractivity contribution < 1.29 is 0 Å². The zero-order valence-electron chi connectivity index (χ0n) is 21.0. The quantitative estimate of drug-likeness (QED) is 0.389. The predicted molar refractivity (Wildman–Crippen MR) is 137 cm³/mol. The van der Waals surface area contributed by atoms with Gasteiger partial charge in [-0.15, -0.1) is 0 Å². The van der Waals surface area contributed by atoms with Gasteiger partial charge in [-0.05, 0) is 114 Å². The summed E-state index contributed by atoms with van der Waals surface area (Å²) < 4.78 is 0. The van der Waals surface area contributed by atoms with Gasteiger partial charge in [-0.1, -0.05) is 62.8 Å². The van der Waals surface area contributed by atoms with Crippen LogP contribution in [0.2, 0.25) is 0 Å². The minimum atomic E-state index is 0.771. The number of hydrogen-bond donors (Lipinski definition) is 0. The van der Waals surface area contributed by atoms with Crippen molar-refractivity contribution in [2.75, 3.05) is 0 Å². The molecule has 5 aliphatic rings. The highest BCUT2D eigenvalue weighted by Gasteiger charge is 2.33. The smallest absolute Gasteiger partial charge is 0.0336 e. The van der Waals surface area contributed by atoms with Gasteiger partial charge in [0.2, 0.25) is 0 Å². The zero-order chi connectivity index (χ0) is 21.8. The molecule has 5 rings (SSSR count). The Bertz CT molecular complexity index is 698. The number of hydrogen-bond acceptors (Lipinski definition) is 1. The Hall–Kier alpha value is -0.980. The fourth-order valence-corrected chi connectivity index (χ4v) is 7.86. The standard InChI is InChI=1S/C31H49N/c1-24-12-18-29(19-13-24)32(30-20-14-27(15-21-30)25-8-4-2-5-9-25)31-22-16-28(17-23-31)26-10-6-3-7-11-26/h8,18,22,24,26-28,30H,2-7,9-17,19-21,23H2,1H3. The van der Waals surface area contributed by atoms with Crippen LogP contribution in [0.5, 0.6) is 0 Å². The van der Waals surface area contributed by atoms with Crippen molar-refractivity contribution in [2.24, 2.45) is 23.7 Å². The number of rotatable bonds is 5. The van der Waals surface area contributed by atoms with Crippen LogP contribution in [-0.4, -0.2) is 10.9 Å². The molecule has 0 heterocycles. The van der Waals surface area contributed by atoms with Crippen LogP contribution in [0.3, 0.4) is 0 Å². The van der Waals surface area contributed by atoms with Crippen molar-refractivity contribution in [2.45, 2.75) is 135 Å². The molecular weight excluding hydrogens is 386 g/mol. The van der Waals surface area contributed by atoms with Crippen LogP contribution in [-0.2, 0) is 0 Å². The lowest BCUT2D eigenvalue weighted by atomic mass is 9.74. The monoisotopic (exact) mass is 435 g/mol. The Morgan fingerprint density at radius 3 is 2.00 bits per heavy atom. The van der Waals surface area contributed by atoms with Crippen molar-refractivity contribution in [1.29, 1.82) is 0 Å². The highest BCUT2D eigenvalue weighted by Crippen LogP contribution is 2.43. The first kappa shape index (κ1) is 22.8. The van der Waals surface area contributed by atoms with E-state index in [0.717, 1.165) is 29.7 Å². The largest absolute Gasteiger partial charge is 0.346 e. The fourth-order valence-electron chi connectivity index (χ4n) is 7.86. The lowest BCUT2D eigenvalue weighted by Crippen LogP contribution is -2.39. The summed E-state index contributed by atoms with van der Waals surface area (Å²) >= 11 is 0. The normalized spacial score (nSPS) is 35.0. The topological polar surface area (TPSA) is 3.24 Å². The summed E-state index contributed by atoms with van der Waals surface area (Å²) in [5.41, 5.74) is 5.25. The summed E-state index contributed by atoms with van der Waals surface area (Å²) in [6.45, 7) is 2.44. The average molecular weight is 436 g/mol. The molecule has 0 spiro atoms. The minimum Gasteiger partial charge on any atom is -0.346 e. The van der Waals surface area contributed by atoms with E-state index in [0.29, 0.717) is 0 Å². The van der Waals surface area contributed by atoms with Gasteiger partial charge in [0.05, 0.1) is 0 Å². The summed E-state index contributed by atoms with van der Waals surface area (Å²) in [7, 11) is 0. The van der Waals surface area contributed by atoms with Crippen LogP contribution >= 0.6 is 0 Å². The highest BCUT2D eigenvalue weighted by molar-refractivity contribution is 5.20. The fraction of sp³-hybridized carbons (Fsp3) is 0.806. The minimum absolute atomic E-state index is 0.771. The Labute approximate surface area is 198 Å². The molecular formula is C31H49N. The molecule has 2 fully saturated rings. The predicted octanol–water partition coefficient (Wildman–Crippen LogP) is 9.32. The molecule has 178 valence electrons. The second-order valence-electron chi connectivity index (χ2n) is 12.1. The molecule has 0 radical (unpaired) electrons. The van der Waals surface area contributed by atoms with Crippen molar-refractivity contribution in [3.05, 3.63) is 35.2 Å². The van der Waals surface area contributed by atoms with Gasteiger partial charge in [0.15, 0.2) is 0 Å². The first-order valence-corrected chi connectivity index (χ1v) is 14.6. The van der Waals surface area contributed by atoms with Gasteiger partial charge < -0.3 is 4.90 Å². The second-order valence-corrected chi connectivity index (χ2v) is 12.1. The number of allylic oxidation sites excluding steroid dienone is 6. The molecule has 1 nitrogen and oxygen atoms in total. The van der Waals surface area contributed by atoms with Gasteiger partial charge in [-0.3, -0.25) is 0 Å². The van der Waals surface area contributed by atoms with Crippen LogP contribution in [0.15, 0.2) is 35.2 Å². The van der Waals surface area contributed by atoms with E-state index in [1.54, 1.807) is 11.4 Å². The molecule has 0 aromatic rings. The first-order valence-electron chi connectivity index (χ1n) is 14.6. The molecule has 2 unspecified atom stereocenters. The maximum Gasteiger partial charge on any atom is 0.0336 e. The van der Waals surface area contributed by atoms with Crippen LogP contribution in [0.1, 0.15) is 129 Å². The Morgan fingerprint density at radius 1 is 0.625 bits per heavy atom. The van der Waals surface area contributed by atoms with E-state index in [9.17, 15) is 0 Å². The molecule has 0 amide bonds. The molecule has 2 atom stereocenters. The molecule has 0 N–H and O–H groups in total. The maximum absolute atomic E-state index is 2.93. The molecule has 0 aromatic heterocycles. The van der Waals surface area contributed by atoms with E-state index in [-0.39, 0.29) is 0 Å². The van der Waals surface area contributed by atoms with Crippen LogP contribution in [0, 0.1) is 23.7 Å². The van der Waals surface area contributed by atoms with Crippen molar-refractivity contribution in [3.63, 3.8) is 0 Å². The Balaban J connectivity index is 1.27. The summed E-state index contributed by atoms with van der Waals surface area (Å²) in [6.07, 6.45) is 35.0. The molecule has 2 saturated carbocycles. The van der Waals surface area contributed by atoms with Gasteiger partial charge in [-0.25, -0.2) is 0 Å². The molecule has 0 saturated heterocycles. The maximum atomic E-state index is 2.93. The van der Waals surface area contributed by atoms with Gasteiger partial charge in [0.25, 0.3) is 0 Å². The van der Waals surface area contributed by atoms with E-state index >= 15 is 0 Å².